The van der Waals surface area contributed by atoms with E-state index in [2.05, 4.69) is 47.3 Å². The second-order valence-corrected chi connectivity index (χ2v) is 11.4. The van der Waals surface area contributed by atoms with Gasteiger partial charge >= 0.3 is 0 Å². The number of benzene rings is 3. The van der Waals surface area contributed by atoms with Crippen LogP contribution in [0.5, 0.6) is 11.5 Å². The minimum Gasteiger partial charge on any atom is -0.490 e. The van der Waals surface area contributed by atoms with E-state index in [9.17, 15) is 9.59 Å². The standard InChI is InChI=1S/C28H24Br2Cl2N4O4/c1-4-39-22-11-16(13-33-36-27(15(2)3)35-21-10-5-17(29)12-20(21)28(36)38)24(30)25(32)26(22)40-14-23(37)34-19-8-6-18(31)7-9-19/h5-13,15H,4,14H2,1-3H3,(H,34,37). The average molecular weight is 711 g/mol. The zero-order valence-electron chi connectivity index (χ0n) is 21.7. The van der Waals surface area contributed by atoms with E-state index in [4.69, 9.17) is 32.7 Å². The molecule has 0 fully saturated rings. The Labute approximate surface area is 257 Å². The summed E-state index contributed by atoms with van der Waals surface area (Å²) in [7, 11) is 0. The number of fused-ring (bicyclic) bond motifs is 1. The Bertz CT molecular complexity index is 1660. The SMILES string of the molecule is CCOc1cc(C=Nn2c(C(C)C)nc3ccc(Br)cc3c2=O)c(Br)c(Cl)c1OCC(=O)Nc1ccc(Cl)cc1. The molecule has 0 aliphatic heterocycles. The van der Waals surface area contributed by atoms with Crippen LogP contribution in [0.2, 0.25) is 10.0 Å². The first kappa shape index (κ1) is 30.0. The van der Waals surface area contributed by atoms with Crippen molar-refractivity contribution in [2.24, 2.45) is 5.10 Å². The monoisotopic (exact) mass is 708 g/mol. The van der Waals surface area contributed by atoms with Crippen molar-refractivity contribution >= 4 is 83.8 Å². The third-order valence-corrected chi connectivity index (χ3v) is 7.78. The number of hydrogen-bond donors (Lipinski definition) is 1. The van der Waals surface area contributed by atoms with Crippen molar-refractivity contribution in [2.75, 3.05) is 18.5 Å². The lowest BCUT2D eigenvalue weighted by atomic mass is 10.2. The molecule has 0 unspecified atom stereocenters. The van der Waals surface area contributed by atoms with Gasteiger partial charge in [0.2, 0.25) is 0 Å². The van der Waals surface area contributed by atoms with Gasteiger partial charge in [-0.05, 0) is 71.4 Å². The van der Waals surface area contributed by atoms with E-state index in [1.54, 1.807) is 42.5 Å². The summed E-state index contributed by atoms with van der Waals surface area (Å²) in [6.07, 6.45) is 1.49. The zero-order chi connectivity index (χ0) is 29.0. The molecule has 1 N–H and O–H groups in total. The summed E-state index contributed by atoms with van der Waals surface area (Å²) in [5.41, 5.74) is 1.40. The number of carbonyl (C=O) groups is 1. The van der Waals surface area contributed by atoms with Crippen LogP contribution in [0.3, 0.4) is 0 Å². The summed E-state index contributed by atoms with van der Waals surface area (Å²) in [6.45, 7) is 5.70. The van der Waals surface area contributed by atoms with Crippen molar-refractivity contribution in [3.05, 3.63) is 89.3 Å². The van der Waals surface area contributed by atoms with Crippen LogP contribution in [0.4, 0.5) is 5.69 Å². The van der Waals surface area contributed by atoms with Crippen LogP contribution >= 0.6 is 55.1 Å². The van der Waals surface area contributed by atoms with E-state index in [1.807, 2.05) is 26.8 Å². The first-order valence-corrected chi connectivity index (χ1v) is 14.5. The van der Waals surface area contributed by atoms with Crippen LogP contribution in [-0.2, 0) is 4.79 Å². The van der Waals surface area contributed by atoms with E-state index in [1.165, 1.54) is 10.9 Å². The fraction of sp³-hybridized carbons (Fsp3) is 0.214. The van der Waals surface area contributed by atoms with Gasteiger partial charge in [-0.25, -0.2) is 4.98 Å². The Morgan fingerprint density at radius 1 is 1.12 bits per heavy atom. The summed E-state index contributed by atoms with van der Waals surface area (Å²) < 4.78 is 14.0. The van der Waals surface area contributed by atoms with Crippen LogP contribution in [0, 0.1) is 0 Å². The Morgan fingerprint density at radius 3 is 2.52 bits per heavy atom. The number of ether oxygens (including phenoxy) is 2. The summed E-state index contributed by atoms with van der Waals surface area (Å²) >= 11 is 19.4. The Kier molecular flexibility index (Phi) is 9.89. The first-order chi connectivity index (χ1) is 19.1. The normalized spacial score (nSPS) is 11.4. The number of aromatic nitrogens is 2. The van der Waals surface area contributed by atoms with Crippen LogP contribution in [-0.4, -0.2) is 35.0 Å². The molecule has 12 heteroatoms. The fourth-order valence-corrected chi connectivity index (χ4v) is 4.88. The maximum atomic E-state index is 13.4. The predicted molar refractivity (Wildman–Crippen MR) is 167 cm³/mol. The van der Waals surface area contributed by atoms with Crippen molar-refractivity contribution in [3.63, 3.8) is 0 Å². The van der Waals surface area contributed by atoms with Gasteiger partial charge in [-0.1, -0.05) is 53.0 Å². The molecule has 40 heavy (non-hydrogen) atoms. The van der Waals surface area contributed by atoms with Crippen LogP contribution in [0.15, 0.2) is 67.4 Å². The first-order valence-electron chi connectivity index (χ1n) is 12.2. The van der Waals surface area contributed by atoms with Gasteiger partial charge in [0.05, 0.1) is 23.7 Å². The maximum Gasteiger partial charge on any atom is 0.282 e. The number of amides is 1. The van der Waals surface area contributed by atoms with Crippen LogP contribution < -0.4 is 20.3 Å². The van der Waals surface area contributed by atoms with E-state index in [0.717, 1.165) is 4.47 Å². The van der Waals surface area contributed by atoms with Gasteiger partial charge in [0, 0.05) is 31.1 Å². The van der Waals surface area contributed by atoms with Gasteiger partial charge in [0.15, 0.2) is 18.1 Å². The molecular weight excluding hydrogens is 687 g/mol. The molecule has 0 spiro atoms. The zero-order valence-corrected chi connectivity index (χ0v) is 26.4. The number of rotatable bonds is 9. The van der Waals surface area contributed by atoms with Gasteiger partial charge in [0.25, 0.3) is 11.5 Å². The minimum atomic E-state index is -0.390. The maximum absolute atomic E-state index is 13.4. The highest BCUT2D eigenvalue weighted by atomic mass is 79.9. The van der Waals surface area contributed by atoms with Gasteiger partial charge in [-0.3, -0.25) is 9.59 Å². The summed E-state index contributed by atoms with van der Waals surface area (Å²) in [6, 6.07) is 13.7. The van der Waals surface area contributed by atoms with Crippen LogP contribution in [0.25, 0.3) is 10.9 Å². The molecule has 1 heterocycles. The molecule has 8 nitrogen and oxygen atoms in total. The quantitative estimate of drug-likeness (QED) is 0.180. The molecular formula is C28H24Br2Cl2N4O4. The number of hydrogen-bond acceptors (Lipinski definition) is 6. The molecule has 4 rings (SSSR count). The van der Waals surface area contributed by atoms with Crippen molar-refractivity contribution in [3.8, 4) is 11.5 Å². The number of halogens is 4. The summed E-state index contributed by atoms with van der Waals surface area (Å²) in [5, 5.41) is 8.39. The lowest BCUT2D eigenvalue weighted by Crippen LogP contribution is -2.23. The number of carbonyl (C=O) groups excluding carboxylic acids is 1. The number of anilines is 1. The van der Waals surface area contributed by atoms with E-state index >= 15 is 0 Å². The van der Waals surface area contributed by atoms with E-state index < -0.39 is 5.91 Å². The Balaban J connectivity index is 1.65. The number of nitrogens with one attached hydrogen (secondary N) is 1. The number of nitrogens with zero attached hydrogens (tertiary/aromatic N) is 3. The molecule has 0 saturated heterocycles. The highest BCUT2D eigenvalue weighted by molar-refractivity contribution is 9.10. The topological polar surface area (TPSA) is 94.8 Å². The molecule has 1 amide bonds. The molecule has 0 aliphatic rings. The van der Waals surface area contributed by atoms with Gasteiger partial charge < -0.3 is 14.8 Å². The van der Waals surface area contributed by atoms with E-state index in [-0.39, 0.29) is 28.9 Å². The van der Waals surface area contributed by atoms with Crippen molar-refractivity contribution in [2.45, 2.75) is 26.7 Å². The highest BCUT2D eigenvalue weighted by Gasteiger charge is 2.19. The second kappa shape index (κ2) is 13.2. The highest BCUT2D eigenvalue weighted by Crippen LogP contribution is 2.42. The lowest BCUT2D eigenvalue weighted by Gasteiger charge is -2.16. The molecule has 0 saturated carbocycles. The molecule has 4 aromatic rings. The smallest absolute Gasteiger partial charge is 0.282 e. The molecule has 1 aromatic heterocycles. The third kappa shape index (κ3) is 6.86. The molecule has 0 bridgehead atoms. The molecule has 208 valence electrons. The predicted octanol–water partition coefficient (Wildman–Crippen LogP) is 7.65. The van der Waals surface area contributed by atoms with Gasteiger partial charge in [-0.15, -0.1) is 0 Å². The minimum absolute atomic E-state index is 0.0706. The fourth-order valence-electron chi connectivity index (χ4n) is 3.74. The van der Waals surface area contributed by atoms with Crippen molar-refractivity contribution in [1.29, 1.82) is 0 Å². The van der Waals surface area contributed by atoms with E-state index in [0.29, 0.717) is 49.8 Å². The molecule has 0 aliphatic carbocycles. The van der Waals surface area contributed by atoms with Gasteiger partial charge in [0.1, 0.15) is 10.8 Å². The lowest BCUT2D eigenvalue weighted by molar-refractivity contribution is -0.118. The molecule has 0 atom stereocenters. The molecule has 3 aromatic carbocycles. The third-order valence-electron chi connectivity index (χ3n) is 5.59. The van der Waals surface area contributed by atoms with Gasteiger partial charge in [-0.2, -0.15) is 9.78 Å². The second-order valence-electron chi connectivity index (χ2n) is 8.85. The van der Waals surface area contributed by atoms with Crippen molar-refractivity contribution < 1.29 is 14.3 Å². The Morgan fingerprint density at radius 2 is 1.85 bits per heavy atom. The average Bonchev–Trinajstić information content (AvgIpc) is 2.92. The summed E-state index contributed by atoms with van der Waals surface area (Å²) in [5.74, 6) is 0.553. The largest absolute Gasteiger partial charge is 0.490 e. The van der Waals surface area contributed by atoms with Crippen LogP contribution in [0.1, 0.15) is 38.1 Å². The molecule has 0 radical (unpaired) electrons. The summed E-state index contributed by atoms with van der Waals surface area (Å²) in [4.78, 5) is 30.5. The van der Waals surface area contributed by atoms with Crippen molar-refractivity contribution in [1.82, 2.24) is 9.66 Å². The Hall–Kier alpha value is -2.92.